The van der Waals surface area contributed by atoms with Crippen molar-refractivity contribution in [1.29, 1.82) is 0 Å². The van der Waals surface area contributed by atoms with Gasteiger partial charge in [0.1, 0.15) is 5.82 Å². The molecule has 0 bridgehead atoms. The fraction of sp³-hybridized carbons (Fsp3) is 0.190. The summed E-state index contributed by atoms with van der Waals surface area (Å²) in [6, 6.07) is 23.6. The maximum atomic E-state index is 4.84. The predicted molar refractivity (Wildman–Crippen MR) is 96.8 cm³/mol. The quantitative estimate of drug-likeness (QED) is 0.507. The van der Waals surface area contributed by atoms with E-state index >= 15 is 0 Å². The highest BCUT2D eigenvalue weighted by Crippen LogP contribution is 2.23. The molecular formula is C21H20N2. The van der Waals surface area contributed by atoms with Gasteiger partial charge in [0.2, 0.25) is 0 Å². The number of hydrogen-bond acceptors (Lipinski definition) is 1. The van der Waals surface area contributed by atoms with Gasteiger partial charge in [0.15, 0.2) is 0 Å². The van der Waals surface area contributed by atoms with Crippen molar-refractivity contribution in [2.75, 3.05) is 0 Å². The third-order valence-corrected chi connectivity index (χ3v) is 4.42. The van der Waals surface area contributed by atoms with Crippen LogP contribution in [0.1, 0.15) is 24.7 Å². The maximum absolute atomic E-state index is 4.84. The fourth-order valence-electron chi connectivity index (χ4n) is 3.32. The molecule has 4 aromatic rings. The Kier molecular flexibility index (Phi) is 3.58. The Bertz CT molecular complexity index is 961. The molecule has 0 atom stereocenters. The highest BCUT2D eigenvalue weighted by molar-refractivity contribution is 5.86. The molecule has 2 heteroatoms. The van der Waals surface area contributed by atoms with Crippen molar-refractivity contribution in [2.45, 2.75) is 26.3 Å². The van der Waals surface area contributed by atoms with E-state index in [-0.39, 0.29) is 0 Å². The molecule has 0 aliphatic heterocycles. The SMILES string of the molecule is CCCc1nc2ccccc2n1Cc1cccc2ccccc12. The minimum Gasteiger partial charge on any atom is -0.323 e. The summed E-state index contributed by atoms with van der Waals surface area (Å²) in [5.74, 6) is 1.18. The number of hydrogen-bond donors (Lipinski definition) is 0. The second kappa shape index (κ2) is 5.88. The van der Waals surface area contributed by atoms with Crippen molar-refractivity contribution in [3.8, 4) is 0 Å². The molecule has 23 heavy (non-hydrogen) atoms. The zero-order chi connectivity index (χ0) is 15.6. The first-order valence-electron chi connectivity index (χ1n) is 8.27. The lowest BCUT2D eigenvalue weighted by Gasteiger charge is -2.11. The van der Waals surface area contributed by atoms with Crippen LogP contribution in [-0.2, 0) is 13.0 Å². The van der Waals surface area contributed by atoms with E-state index in [1.807, 2.05) is 0 Å². The molecule has 3 aromatic carbocycles. The summed E-state index contributed by atoms with van der Waals surface area (Å²) in [6.07, 6.45) is 2.12. The molecule has 0 saturated heterocycles. The standard InChI is InChI=1S/C21H20N2/c1-2-8-21-22-19-13-5-6-14-20(19)23(21)15-17-11-7-10-16-9-3-4-12-18(16)17/h3-7,9-14H,2,8,15H2,1H3. The Balaban J connectivity index is 1.87. The van der Waals surface area contributed by atoms with Crippen molar-refractivity contribution in [2.24, 2.45) is 0 Å². The van der Waals surface area contributed by atoms with Gasteiger partial charge in [0.25, 0.3) is 0 Å². The number of aryl methyl sites for hydroxylation is 1. The Hall–Kier alpha value is -2.61. The van der Waals surface area contributed by atoms with E-state index in [1.165, 1.54) is 27.7 Å². The van der Waals surface area contributed by atoms with Crippen LogP contribution in [0, 0.1) is 0 Å². The first-order valence-corrected chi connectivity index (χ1v) is 8.27. The van der Waals surface area contributed by atoms with E-state index in [0.29, 0.717) is 0 Å². The monoisotopic (exact) mass is 300 g/mol. The van der Waals surface area contributed by atoms with Gasteiger partial charge >= 0.3 is 0 Å². The zero-order valence-electron chi connectivity index (χ0n) is 13.4. The molecule has 2 nitrogen and oxygen atoms in total. The number of rotatable bonds is 4. The molecular weight excluding hydrogens is 280 g/mol. The van der Waals surface area contributed by atoms with Crippen molar-refractivity contribution >= 4 is 21.8 Å². The molecule has 4 rings (SSSR count). The lowest BCUT2D eigenvalue weighted by atomic mass is 10.0. The van der Waals surface area contributed by atoms with Crippen LogP contribution >= 0.6 is 0 Å². The maximum Gasteiger partial charge on any atom is 0.110 e. The van der Waals surface area contributed by atoms with E-state index in [1.54, 1.807) is 0 Å². The second-order valence-corrected chi connectivity index (χ2v) is 5.99. The molecule has 0 amide bonds. The van der Waals surface area contributed by atoms with Crippen LogP contribution in [0.3, 0.4) is 0 Å². The molecule has 1 heterocycles. The molecule has 0 saturated carbocycles. The summed E-state index contributed by atoms with van der Waals surface area (Å²) in [4.78, 5) is 4.84. The summed E-state index contributed by atoms with van der Waals surface area (Å²) < 4.78 is 2.38. The van der Waals surface area contributed by atoms with Gasteiger partial charge in [0.05, 0.1) is 11.0 Å². The Morgan fingerprint density at radius 1 is 0.870 bits per heavy atom. The van der Waals surface area contributed by atoms with E-state index in [2.05, 4.69) is 78.2 Å². The van der Waals surface area contributed by atoms with Crippen molar-refractivity contribution in [1.82, 2.24) is 9.55 Å². The first kappa shape index (κ1) is 14.0. The highest BCUT2D eigenvalue weighted by Gasteiger charge is 2.11. The van der Waals surface area contributed by atoms with Gasteiger partial charge in [-0.15, -0.1) is 0 Å². The number of aromatic nitrogens is 2. The molecule has 0 radical (unpaired) electrons. The van der Waals surface area contributed by atoms with Crippen LogP contribution in [-0.4, -0.2) is 9.55 Å². The lowest BCUT2D eigenvalue weighted by Crippen LogP contribution is -2.05. The largest absolute Gasteiger partial charge is 0.323 e. The van der Waals surface area contributed by atoms with E-state index in [4.69, 9.17) is 4.98 Å². The molecule has 1 aromatic heterocycles. The van der Waals surface area contributed by atoms with E-state index in [0.717, 1.165) is 24.9 Å². The van der Waals surface area contributed by atoms with Crippen LogP contribution in [0.15, 0.2) is 66.7 Å². The highest BCUT2D eigenvalue weighted by atomic mass is 15.1. The van der Waals surface area contributed by atoms with Crippen LogP contribution in [0.4, 0.5) is 0 Å². The molecule has 0 spiro atoms. The summed E-state index contributed by atoms with van der Waals surface area (Å²) >= 11 is 0. The first-order chi connectivity index (χ1) is 11.4. The minimum absolute atomic E-state index is 0.872. The van der Waals surface area contributed by atoms with Gasteiger partial charge in [-0.1, -0.05) is 61.5 Å². The number of nitrogens with zero attached hydrogens (tertiary/aromatic N) is 2. The topological polar surface area (TPSA) is 17.8 Å². The number of imidazole rings is 1. The molecule has 114 valence electrons. The van der Waals surface area contributed by atoms with E-state index < -0.39 is 0 Å². The number of fused-ring (bicyclic) bond motifs is 2. The third kappa shape index (κ3) is 2.50. The molecule has 0 aliphatic carbocycles. The van der Waals surface area contributed by atoms with Crippen molar-refractivity contribution in [3.63, 3.8) is 0 Å². The normalized spacial score (nSPS) is 11.3. The fourth-order valence-corrected chi connectivity index (χ4v) is 3.32. The average molecular weight is 300 g/mol. The van der Waals surface area contributed by atoms with Gasteiger partial charge < -0.3 is 4.57 Å². The average Bonchev–Trinajstić information content (AvgIpc) is 2.93. The van der Waals surface area contributed by atoms with Crippen LogP contribution in [0.2, 0.25) is 0 Å². The van der Waals surface area contributed by atoms with E-state index in [9.17, 15) is 0 Å². The van der Waals surface area contributed by atoms with Crippen LogP contribution in [0.25, 0.3) is 21.8 Å². The zero-order valence-corrected chi connectivity index (χ0v) is 13.4. The Labute approximate surface area is 136 Å². The van der Waals surface area contributed by atoms with Crippen molar-refractivity contribution in [3.05, 3.63) is 78.1 Å². The van der Waals surface area contributed by atoms with Crippen molar-refractivity contribution < 1.29 is 0 Å². The smallest absolute Gasteiger partial charge is 0.110 e. The third-order valence-electron chi connectivity index (χ3n) is 4.42. The van der Waals surface area contributed by atoms with Crippen LogP contribution < -0.4 is 0 Å². The summed E-state index contributed by atoms with van der Waals surface area (Å²) in [7, 11) is 0. The summed E-state index contributed by atoms with van der Waals surface area (Å²) in [5.41, 5.74) is 3.67. The lowest BCUT2D eigenvalue weighted by molar-refractivity contribution is 0.724. The minimum atomic E-state index is 0.872. The van der Waals surface area contributed by atoms with Gasteiger partial charge in [-0.25, -0.2) is 4.98 Å². The number of benzene rings is 3. The van der Waals surface area contributed by atoms with Gasteiger partial charge in [-0.2, -0.15) is 0 Å². The molecule has 0 aliphatic rings. The van der Waals surface area contributed by atoms with Gasteiger partial charge in [-0.05, 0) is 34.9 Å². The number of para-hydroxylation sites is 2. The Morgan fingerprint density at radius 3 is 2.57 bits per heavy atom. The molecule has 0 N–H and O–H groups in total. The van der Waals surface area contributed by atoms with Gasteiger partial charge in [0, 0.05) is 13.0 Å². The Morgan fingerprint density at radius 2 is 1.65 bits per heavy atom. The van der Waals surface area contributed by atoms with Crippen LogP contribution in [0.5, 0.6) is 0 Å². The molecule has 0 unspecified atom stereocenters. The molecule has 0 fully saturated rings. The second-order valence-electron chi connectivity index (χ2n) is 5.99. The summed E-state index contributed by atoms with van der Waals surface area (Å²) in [5, 5.41) is 2.63. The van der Waals surface area contributed by atoms with Gasteiger partial charge in [-0.3, -0.25) is 0 Å². The predicted octanol–water partition coefficient (Wildman–Crippen LogP) is 5.19. The summed E-state index contributed by atoms with van der Waals surface area (Å²) in [6.45, 7) is 3.08.